The number of rotatable bonds is 3. The van der Waals surface area contributed by atoms with Crippen molar-refractivity contribution in [3.05, 3.63) is 46.5 Å². The van der Waals surface area contributed by atoms with Crippen LogP contribution in [0, 0.1) is 0 Å². The molecule has 6 heteroatoms. The zero-order valence-corrected chi connectivity index (χ0v) is 15.5. The van der Waals surface area contributed by atoms with Gasteiger partial charge in [-0.05, 0) is 42.8 Å². The Morgan fingerprint density at radius 3 is 2.85 bits per heavy atom. The molecule has 1 atom stereocenters. The molecule has 3 aromatic rings. The van der Waals surface area contributed by atoms with Crippen LogP contribution in [-0.4, -0.2) is 38.4 Å². The molecule has 0 bridgehead atoms. The number of nitrogens with zero attached hydrogens (tertiary/aromatic N) is 4. The Bertz CT molecular complexity index is 927. The normalized spacial score (nSPS) is 21.1. The number of amides is 1. The van der Waals surface area contributed by atoms with E-state index in [1.165, 1.54) is 42.8 Å². The Morgan fingerprint density at radius 1 is 1.15 bits per heavy atom. The minimum Gasteiger partial charge on any atom is -0.336 e. The minimum absolute atomic E-state index is 0.155. The molecular weight excluding hydrogens is 344 g/mol. The number of pyridine rings is 1. The first kappa shape index (κ1) is 16.0. The maximum atomic E-state index is 12.7. The van der Waals surface area contributed by atoms with E-state index in [9.17, 15) is 4.79 Å². The van der Waals surface area contributed by atoms with E-state index < -0.39 is 0 Å². The first-order chi connectivity index (χ1) is 12.8. The van der Waals surface area contributed by atoms with Crippen molar-refractivity contribution in [1.29, 1.82) is 0 Å². The van der Waals surface area contributed by atoms with E-state index in [0.717, 1.165) is 35.6 Å². The minimum atomic E-state index is 0.155. The van der Waals surface area contributed by atoms with Gasteiger partial charge >= 0.3 is 0 Å². The highest BCUT2D eigenvalue weighted by Crippen LogP contribution is 2.38. The summed E-state index contributed by atoms with van der Waals surface area (Å²) >= 11 is 1.52. The molecule has 1 amide bonds. The summed E-state index contributed by atoms with van der Waals surface area (Å²) in [5, 5.41) is 1.96. The second-order valence-electron chi connectivity index (χ2n) is 7.34. The molecule has 5 rings (SSSR count). The summed E-state index contributed by atoms with van der Waals surface area (Å²) in [7, 11) is 0. The summed E-state index contributed by atoms with van der Waals surface area (Å²) < 4.78 is 2.35. The SMILES string of the molecule is O=C(c1cccs1)N1CC[C@H](n2c(C3CCCC3)nc3cccnc32)C1. The quantitative estimate of drug-likeness (QED) is 0.697. The molecular formula is C20H22N4OS. The van der Waals surface area contributed by atoms with Crippen LogP contribution in [0.4, 0.5) is 0 Å². The lowest BCUT2D eigenvalue weighted by atomic mass is 10.1. The number of hydrogen-bond acceptors (Lipinski definition) is 4. The van der Waals surface area contributed by atoms with Crippen molar-refractivity contribution >= 4 is 28.4 Å². The van der Waals surface area contributed by atoms with E-state index in [0.29, 0.717) is 5.92 Å². The average Bonchev–Trinajstić information content (AvgIpc) is 3.47. The summed E-state index contributed by atoms with van der Waals surface area (Å²) in [5.41, 5.74) is 1.96. The summed E-state index contributed by atoms with van der Waals surface area (Å²) in [5.74, 6) is 1.88. The zero-order valence-electron chi connectivity index (χ0n) is 14.7. The summed E-state index contributed by atoms with van der Waals surface area (Å²) in [6, 6.07) is 8.14. The third kappa shape index (κ3) is 2.63. The first-order valence-electron chi connectivity index (χ1n) is 9.47. The fraction of sp³-hybridized carbons (Fsp3) is 0.450. The molecule has 0 N–H and O–H groups in total. The highest BCUT2D eigenvalue weighted by molar-refractivity contribution is 7.12. The Morgan fingerprint density at radius 2 is 2.04 bits per heavy atom. The molecule has 0 unspecified atom stereocenters. The molecule has 1 aliphatic carbocycles. The van der Waals surface area contributed by atoms with Crippen LogP contribution in [0.2, 0.25) is 0 Å². The van der Waals surface area contributed by atoms with Gasteiger partial charge in [0.2, 0.25) is 0 Å². The molecule has 4 heterocycles. The molecule has 5 nitrogen and oxygen atoms in total. The van der Waals surface area contributed by atoms with Crippen molar-refractivity contribution in [2.24, 2.45) is 0 Å². The van der Waals surface area contributed by atoms with E-state index >= 15 is 0 Å². The van der Waals surface area contributed by atoms with Gasteiger partial charge in [0.25, 0.3) is 5.91 Å². The average molecular weight is 366 g/mol. The predicted octanol–water partition coefficient (Wildman–Crippen LogP) is 4.24. The van der Waals surface area contributed by atoms with Gasteiger partial charge in [0.1, 0.15) is 11.3 Å². The second kappa shape index (κ2) is 6.50. The van der Waals surface area contributed by atoms with Crippen molar-refractivity contribution in [3.8, 4) is 0 Å². The van der Waals surface area contributed by atoms with Crippen LogP contribution >= 0.6 is 11.3 Å². The fourth-order valence-corrected chi connectivity index (χ4v) is 5.16. The fourth-order valence-electron chi connectivity index (χ4n) is 4.47. The number of carbonyl (C=O) groups excluding carboxylic acids is 1. The monoisotopic (exact) mass is 366 g/mol. The summed E-state index contributed by atoms with van der Waals surface area (Å²) in [6.07, 6.45) is 7.83. The number of imidazole rings is 1. The number of likely N-dealkylation sites (tertiary alicyclic amines) is 1. The standard InChI is InChI=1S/C20H22N4OS/c25-20(17-8-4-12-26-17)23-11-9-15(13-23)24-18(14-5-1-2-6-14)22-16-7-3-10-21-19(16)24/h3-4,7-8,10,12,14-15H,1-2,5-6,9,11,13H2/t15-/m0/s1. The lowest BCUT2D eigenvalue weighted by Gasteiger charge is -2.20. The Balaban J connectivity index is 1.49. The highest BCUT2D eigenvalue weighted by atomic mass is 32.1. The van der Waals surface area contributed by atoms with Crippen LogP contribution in [0.3, 0.4) is 0 Å². The number of fused-ring (bicyclic) bond motifs is 1. The van der Waals surface area contributed by atoms with Gasteiger partial charge in [-0.2, -0.15) is 0 Å². The van der Waals surface area contributed by atoms with Gasteiger partial charge < -0.3 is 9.47 Å². The van der Waals surface area contributed by atoms with Crippen molar-refractivity contribution in [1.82, 2.24) is 19.4 Å². The third-order valence-electron chi connectivity index (χ3n) is 5.74. The van der Waals surface area contributed by atoms with Gasteiger partial charge in [0.15, 0.2) is 5.65 Å². The molecule has 3 aromatic heterocycles. The van der Waals surface area contributed by atoms with Crippen molar-refractivity contribution in [2.75, 3.05) is 13.1 Å². The van der Waals surface area contributed by atoms with Crippen LogP contribution in [0.1, 0.15) is 59.6 Å². The molecule has 26 heavy (non-hydrogen) atoms. The van der Waals surface area contributed by atoms with Gasteiger partial charge in [0, 0.05) is 25.2 Å². The van der Waals surface area contributed by atoms with Crippen molar-refractivity contribution < 1.29 is 4.79 Å². The zero-order chi connectivity index (χ0) is 17.5. The van der Waals surface area contributed by atoms with E-state index in [1.807, 2.05) is 34.7 Å². The first-order valence-corrected chi connectivity index (χ1v) is 10.3. The molecule has 0 spiro atoms. The molecule has 1 saturated heterocycles. The number of hydrogen-bond donors (Lipinski definition) is 0. The summed E-state index contributed by atoms with van der Waals surface area (Å²) in [4.78, 5) is 25.1. The van der Waals surface area contributed by atoms with Gasteiger partial charge in [-0.3, -0.25) is 4.79 Å². The van der Waals surface area contributed by atoms with Crippen LogP contribution in [-0.2, 0) is 0 Å². The molecule has 0 aromatic carbocycles. The Labute approximate surface area is 156 Å². The van der Waals surface area contributed by atoms with Gasteiger partial charge in [-0.25, -0.2) is 9.97 Å². The van der Waals surface area contributed by atoms with Crippen LogP contribution < -0.4 is 0 Å². The highest BCUT2D eigenvalue weighted by Gasteiger charge is 2.33. The molecule has 134 valence electrons. The topological polar surface area (TPSA) is 51.0 Å². The Kier molecular flexibility index (Phi) is 4.00. The Hall–Kier alpha value is -2.21. The van der Waals surface area contributed by atoms with E-state index in [-0.39, 0.29) is 11.9 Å². The third-order valence-corrected chi connectivity index (χ3v) is 6.60. The van der Waals surface area contributed by atoms with Gasteiger partial charge in [0.05, 0.1) is 10.9 Å². The van der Waals surface area contributed by atoms with Gasteiger partial charge in [-0.1, -0.05) is 18.9 Å². The molecule has 1 saturated carbocycles. The van der Waals surface area contributed by atoms with Gasteiger partial charge in [-0.15, -0.1) is 11.3 Å². The largest absolute Gasteiger partial charge is 0.336 e. The smallest absolute Gasteiger partial charge is 0.263 e. The number of carbonyl (C=O) groups is 1. The van der Waals surface area contributed by atoms with Crippen molar-refractivity contribution in [2.45, 2.75) is 44.1 Å². The molecule has 0 radical (unpaired) electrons. The lowest BCUT2D eigenvalue weighted by Crippen LogP contribution is -2.28. The van der Waals surface area contributed by atoms with E-state index in [2.05, 4.69) is 15.6 Å². The van der Waals surface area contributed by atoms with Crippen molar-refractivity contribution in [3.63, 3.8) is 0 Å². The van der Waals surface area contributed by atoms with E-state index in [1.54, 1.807) is 0 Å². The number of thiophene rings is 1. The second-order valence-corrected chi connectivity index (χ2v) is 8.29. The van der Waals surface area contributed by atoms with E-state index in [4.69, 9.17) is 4.98 Å². The predicted molar refractivity (Wildman–Crippen MR) is 103 cm³/mol. The molecule has 2 fully saturated rings. The maximum Gasteiger partial charge on any atom is 0.263 e. The summed E-state index contributed by atoms with van der Waals surface area (Å²) in [6.45, 7) is 1.55. The lowest BCUT2D eigenvalue weighted by molar-refractivity contribution is 0.0792. The molecule has 2 aliphatic rings. The number of aromatic nitrogens is 3. The van der Waals surface area contributed by atoms with Crippen LogP contribution in [0.5, 0.6) is 0 Å². The van der Waals surface area contributed by atoms with Crippen LogP contribution in [0.15, 0.2) is 35.8 Å². The maximum absolute atomic E-state index is 12.7. The van der Waals surface area contributed by atoms with Crippen LogP contribution in [0.25, 0.3) is 11.2 Å². The molecule has 1 aliphatic heterocycles.